The number of nitrogens with zero attached hydrogens (tertiary/aromatic N) is 4. The summed E-state index contributed by atoms with van der Waals surface area (Å²) in [5.74, 6) is 0.736. The molecule has 3 rings (SSSR count). The van der Waals surface area contributed by atoms with Gasteiger partial charge in [-0.05, 0) is 38.1 Å². The van der Waals surface area contributed by atoms with E-state index in [0.717, 1.165) is 0 Å². The summed E-state index contributed by atoms with van der Waals surface area (Å²) in [6.07, 6.45) is 6.58. The average Bonchev–Trinajstić information content (AvgIpc) is 3.21. The van der Waals surface area contributed by atoms with Crippen LogP contribution < -0.4 is 15.8 Å². The summed E-state index contributed by atoms with van der Waals surface area (Å²) in [6.45, 7) is 11.1. The van der Waals surface area contributed by atoms with E-state index in [0.29, 0.717) is 22.8 Å². The first-order valence-corrected chi connectivity index (χ1v) is 8.55. The van der Waals surface area contributed by atoms with E-state index in [1.54, 1.807) is 59.8 Å². The SMILES string of the molecule is [C-]#[N+]c1c(N)cccc1OCC(C)(C)NC(=O)c1ccnc(-n2ccnc2)c1. The number of pyridine rings is 1. The summed E-state index contributed by atoms with van der Waals surface area (Å²) in [5.41, 5.74) is 6.22. The summed E-state index contributed by atoms with van der Waals surface area (Å²) in [4.78, 5) is 24.3. The van der Waals surface area contributed by atoms with Crippen LogP contribution in [0.15, 0.2) is 55.2 Å². The van der Waals surface area contributed by atoms with Gasteiger partial charge in [0.05, 0.1) is 12.1 Å². The molecule has 0 radical (unpaired) electrons. The van der Waals surface area contributed by atoms with E-state index < -0.39 is 5.54 Å². The molecule has 0 bridgehead atoms. The maximum atomic E-state index is 12.7. The van der Waals surface area contributed by atoms with Crippen molar-refractivity contribution >= 4 is 17.3 Å². The maximum absolute atomic E-state index is 12.7. The fourth-order valence-corrected chi connectivity index (χ4v) is 2.54. The Balaban J connectivity index is 1.69. The highest BCUT2D eigenvalue weighted by Crippen LogP contribution is 2.33. The number of hydrogen-bond donors (Lipinski definition) is 2. The number of amides is 1. The molecule has 0 spiro atoms. The molecule has 142 valence electrons. The Hall–Kier alpha value is -3.86. The van der Waals surface area contributed by atoms with Crippen LogP contribution in [0.2, 0.25) is 0 Å². The quantitative estimate of drug-likeness (QED) is 0.509. The molecule has 1 amide bonds. The topological polar surface area (TPSA) is 99.4 Å². The standard InChI is InChI=1S/C20H20N6O2/c1-20(2,12-28-16-6-4-5-15(21)18(16)22-3)25-19(27)14-7-8-24-17(11-14)26-10-9-23-13-26/h4-11,13H,12,21H2,1-2H3,(H,25,27). The van der Waals surface area contributed by atoms with Gasteiger partial charge in [0.15, 0.2) is 0 Å². The predicted octanol–water partition coefficient (Wildman–Crippen LogP) is 2.99. The van der Waals surface area contributed by atoms with E-state index in [1.807, 2.05) is 13.8 Å². The third-order valence-corrected chi connectivity index (χ3v) is 3.96. The highest BCUT2D eigenvalue weighted by Gasteiger charge is 2.23. The van der Waals surface area contributed by atoms with Crippen molar-refractivity contribution in [1.82, 2.24) is 19.9 Å². The van der Waals surface area contributed by atoms with Crippen molar-refractivity contribution in [3.8, 4) is 11.6 Å². The van der Waals surface area contributed by atoms with Crippen LogP contribution >= 0.6 is 0 Å². The van der Waals surface area contributed by atoms with E-state index in [-0.39, 0.29) is 18.2 Å². The Kier molecular flexibility index (Phi) is 5.27. The number of aromatic nitrogens is 3. The van der Waals surface area contributed by atoms with Gasteiger partial charge in [-0.15, -0.1) is 0 Å². The lowest BCUT2D eigenvalue weighted by Gasteiger charge is -2.27. The van der Waals surface area contributed by atoms with Crippen LogP contribution in [-0.4, -0.2) is 32.6 Å². The minimum Gasteiger partial charge on any atom is -0.502 e. The van der Waals surface area contributed by atoms with Gasteiger partial charge in [0.25, 0.3) is 5.91 Å². The minimum atomic E-state index is -0.681. The zero-order chi connectivity index (χ0) is 20.1. The first-order chi connectivity index (χ1) is 13.4. The highest BCUT2D eigenvalue weighted by atomic mass is 16.5. The van der Waals surface area contributed by atoms with Crippen molar-refractivity contribution < 1.29 is 9.53 Å². The second-order valence-electron chi connectivity index (χ2n) is 6.81. The smallest absolute Gasteiger partial charge is 0.252 e. The molecule has 0 aliphatic carbocycles. The van der Waals surface area contributed by atoms with Crippen molar-refractivity contribution in [1.29, 1.82) is 0 Å². The molecule has 8 nitrogen and oxygen atoms in total. The predicted molar refractivity (Wildman–Crippen MR) is 106 cm³/mol. The van der Waals surface area contributed by atoms with E-state index in [2.05, 4.69) is 20.1 Å². The molecule has 0 aliphatic heterocycles. The number of nitrogens with one attached hydrogen (secondary N) is 1. The molecule has 1 aromatic carbocycles. The Morgan fingerprint density at radius 1 is 1.36 bits per heavy atom. The lowest BCUT2D eigenvalue weighted by Crippen LogP contribution is -2.47. The molecule has 0 unspecified atom stereocenters. The van der Waals surface area contributed by atoms with Crippen molar-refractivity contribution in [2.75, 3.05) is 12.3 Å². The van der Waals surface area contributed by atoms with Crippen LogP contribution in [0.1, 0.15) is 24.2 Å². The molecule has 3 aromatic rings. The van der Waals surface area contributed by atoms with Crippen molar-refractivity contribution in [2.24, 2.45) is 0 Å². The summed E-state index contributed by atoms with van der Waals surface area (Å²) in [7, 11) is 0. The zero-order valence-electron chi connectivity index (χ0n) is 15.6. The number of rotatable bonds is 6. The van der Waals surface area contributed by atoms with Crippen LogP contribution in [0.4, 0.5) is 11.4 Å². The molecule has 0 aliphatic rings. The van der Waals surface area contributed by atoms with Gasteiger partial charge in [-0.3, -0.25) is 9.36 Å². The van der Waals surface area contributed by atoms with Crippen LogP contribution in [0, 0.1) is 6.57 Å². The molecule has 2 aromatic heterocycles. The molecule has 0 saturated carbocycles. The number of benzene rings is 1. The number of nitrogen functional groups attached to an aromatic ring is 1. The molecule has 3 N–H and O–H groups in total. The highest BCUT2D eigenvalue weighted by molar-refractivity contribution is 5.95. The lowest BCUT2D eigenvalue weighted by molar-refractivity contribution is 0.0881. The summed E-state index contributed by atoms with van der Waals surface area (Å²) in [5, 5.41) is 2.94. The van der Waals surface area contributed by atoms with Gasteiger partial charge in [-0.25, -0.2) is 14.8 Å². The second kappa shape index (κ2) is 7.80. The minimum absolute atomic E-state index is 0.171. The van der Waals surface area contributed by atoms with Crippen molar-refractivity contribution in [2.45, 2.75) is 19.4 Å². The fourth-order valence-electron chi connectivity index (χ4n) is 2.54. The first-order valence-electron chi connectivity index (χ1n) is 8.55. The molecule has 0 saturated heterocycles. The molecule has 28 heavy (non-hydrogen) atoms. The van der Waals surface area contributed by atoms with Crippen molar-refractivity contribution in [3.05, 3.63) is 72.2 Å². The Morgan fingerprint density at radius 3 is 2.89 bits per heavy atom. The molecular weight excluding hydrogens is 356 g/mol. The van der Waals surface area contributed by atoms with E-state index in [1.165, 1.54) is 0 Å². The van der Waals surface area contributed by atoms with Gasteiger partial charge in [-0.1, -0.05) is 6.07 Å². The van der Waals surface area contributed by atoms with Crippen LogP contribution in [-0.2, 0) is 0 Å². The van der Waals surface area contributed by atoms with Crippen molar-refractivity contribution in [3.63, 3.8) is 0 Å². The van der Waals surface area contributed by atoms with Crippen LogP contribution in [0.5, 0.6) is 5.75 Å². The van der Waals surface area contributed by atoms with Gasteiger partial charge in [-0.2, -0.15) is 0 Å². The second-order valence-corrected chi connectivity index (χ2v) is 6.81. The monoisotopic (exact) mass is 376 g/mol. The fraction of sp³-hybridized carbons (Fsp3) is 0.200. The largest absolute Gasteiger partial charge is 0.502 e. The van der Waals surface area contributed by atoms with E-state index in [9.17, 15) is 4.79 Å². The average molecular weight is 376 g/mol. The molecule has 8 heteroatoms. The lowest BCUT2D eigenvalue weighted by atomic mass is 10.1. The van der Waals surface area contributed by atoms with Crippen LogP contribution in [0.25, 0.3) is 10.7 Å². The number of carbonyl (C=O) groups excluding carboxylic acids is 1. The van der Waals surface area contributed by atoms with Gasteiger partial charge in [0.2, 0.25) is 5.69 Å². The Morgan fingerprint density at radius 2 is 2.18 bits per heavy atom. The van der Waals surface area contributed by atoms with Gasteiger partial charge in [0.1, 0.15) is 24.5 Å². The Labute approximate surface area is 162 Å². The molecule has 0 atom stereocenters. The third kappa shape index (κ3) is 4.27. The first kappa shape index (κ1) is 18.9. The number of imidazole rings is 1. The number of carbonyl (C=O) groups is 1. The third-order valence-electron chi connectivity index (χ3n) is 3.96. The molecule has 2 heterocycles. The zero-order valence-corrected chi connectivity index (χ0v) is 15.6. The molecule has 0 fully saturated rings. The number of hydrogen-bond acceptors (Lipinski definition) is 5. The number of ether oxygens (including phenoxy) is 1. The van der Waals surface area contributed by atoms with E-state index >= 15 is 0 Å². The number of anilines is 1. The summed E-state index contributed by atoms with van der Waals surface area (Å²) >= 11 is 0. The summed E-state index contributed by atoms with van der Waals surface area (Å²) < 4.78 is 7.48. The normalized spacial score (nSPS) is 10.9. The van der Waals surface area contributed by atoms with Crippen LogP contribution in [0.3, 0.4) is 0 Å². The van der Waals surface area contributed by atoms with Gasteiger partial charge in [0, 0.05) is 29.8 Å². The number of nitrogens with two attached hydrogens (primary N) is 1. The molecular formula is C20H20N6O2. The Bertz CT molecular complexity index is 1020. The summed E-state index contributed by atoms with van der Waals surface area (Å²) in [6, 6.07) is 8.38. The van der Waals surface area contributed by atoms with E-state index in [4.69, 9.17) is 17.0 Å². The maximum Gasteiger partial charge on any atom is 0.252 e. The number of para-hydroxylation sites is 1. The van der Waals surface area contributed by atoms with Gasteiger partial charge >= 0.3 is 0 Å². The van der Waals surface area contributed by atoms with Gasteiger partial charge < -0.3 is 15.8 Å².